The zero-order valence-corrected chi connectivity index (χ0v) is 24.8. The molecule has 2 amide bonds. The zero-order chi connectivity index (χ0) is 31.1. The summed E-state index contributed by atoms with van der Waals surface area (Å²) < 4.78 is 20.7. The van der Waals surface area contributed by atoms with Gasteiger partial charge in [0.05, 0.1) is 28.5 Å². The van der Waals surface area contributed by atoms with Gasteiger partial charge in [-0.05, 0) is 54.7 Å². The number of rotatable bonds is 6. The molecule has 1 saturated carbocycles. The van der Waals surface area contributed by atoms with Gasteiger partial charge in [0.2, 0.25) is 11.8 Å². The first-order chi connectivity index (χ1) is 21.1. The van der Waals surface area contributed by atoms with Gasteiger partial charge in [0.25, 0.3) is 5.69 Å². The highest BCUT2D eigenvalue weighted by Crippen LogP contribution is 2.62. The van der Waals surface area contributed by atoms with Crippen LogP contribution in [0, 0.1) is 27.8 Å². The predicted octanol–water partition coefficient (Wildman–Crippen LogP) is 6.15. The van der Waals surface area contributed by atoms with E-state index in [-0.39, 0.29) is 41.7 Å². The molecule has 4 atom stereocenters. The monoisotopic (exact) mass is 654 g/mol. The maximum Gasteiger partial charge on any atom is 0.338 e. The van der Waals surface area contributed by atoms with Crippen LogP contribution in [0.3, 0.4) is 0 Å². The molecule has 3 aromatic rings. The Bertz CT molecular complexity index is 1780. The van der Waals surface area contributed by atoms with E-state index in [0.29, 0.717) is 22.8 Å². The van der Waals surface area contributed by atoms with Crippen LogP contribution in [-0.2, 0) is 19.9 Å². The van der Waals surface area contributed by atoms with Crippen molar-refractivity contribution in [2.24, 2.45) is 11.8 Å². The van der Waals surface area contributed by atoms with Crippen LogP contribution in [0.25, 0.3) is 0 Å². The molecule has 234 valence electrons. The standard InChI is InChI=1S/C31H25Cl2FN4O6.CH4/c1-44-29(40)16-7-10-22(23(11-16)38(42)43)36-14-24-25(28(36)39)26(18-3-2-4-20(33)27(18)34)31(37(24)13-15-5-6-15)19-9-8-17(32)12-21(19)35-30(31)41;/h2-4,7-12,15,24-26H,5-6,13-14H2,1H3,(H,35,41);1H4/t24-,25+,26-,31+;/m0./s1. The number of hydrogen-bond acceptors (Lipinski definition) is 7. The van der Waals surface area contributed by atoms with Crippen LogP contribution >= 0.6 is 23.2 Å². The lowest BCUT2D eigenvalue weighted by atomic mass is 9.71. The third-order valence-corrected chi connectivity index (χ3v) is 9.86. The van der Waals surface area contributed by atoms with Crippen molar-refractivity contribution in [2.75, 3.05) is 30.4 Å². The molecule has 7 rings (SSSR count). The SMILES string of the molecule is C.COC(=O)c1ccc(N2C[C@H]3[C@@H](C2=O)[C@H](c2cccc(Cl)c2F)[C@]2(C(=O)Nc4cc(Cl)ccc42)N3CC2CC2)c([N+](=O)[O-])c1. The number of ether oxygens (including phenoxy) is 1. The summed E-state index contributed by atoms with van der Waals surface area (Å²) in [6.07, 6.45) is 1.88. The topological polar surface area (TPSA) is 122 Å². The Balaban J connectivity index is 0.00000357. The van der Waals surface area contributed by atoms with Crippen molar-refractivity contribution in [1.82, 2.24) is 4.90 Å². The second-order valence-corrected chi connectivity index (χ2v) is 12.5. The Morgan fingerprint density at radius 3 is 2.60 bits per heavy atom. The van der Waals surface area contributed by atoms with Gasteiger partial charge in [-0.15, -0.1) is 0 Å². The summed E-state index contributed by atoms with van der Waals surface area (Å²) in [4.78, 5) is 55.8. The second kappa shape index (κ2) is 11.1. The highest BCUT2D eigenvalue weighted by atomic mass is 35.5. The molecule has 2 saturated heterocycles. The molecule has 10 nitrogen and oxygen atoms in total. The van der Waals surface area contributed by atoms with Gasteiger partial charge in [-0.25, -0.2) is 9.18 Å². The Hall–Kier alpha value is -4.06. The van der Waals surface area contributed by atoms with Crippen molar-refractivity contribution in [1.29, 1.82) is 0 Å². The van der Waals surface area contributed by atoms with E-state index in [0.717, 1.165) is 26.0 Å². The number of amides is 2. The lowest BCUT2D eigenvalue weighted by molar-refractivity contribution is -0.384. The normalized spacial score (nSPS) is 25.2. The molecular formula is C32H29Cl2FN4O6. The van der Waals surface area contributed by atoms with Crippen LogP contribution in [0.5, 0.6) is 0 Å². The first-order valence-corrected chi connectivity index (χ1v) is 14.8. The zero-order valence-electron chi connectivity index (χ0n) is 23.3. The van der Waals surface area contributed by atoms with Crippen molar-refractivity contribution in [3.63, 3.8) is 0 Å². The highest BCUT2D eigenvalue weighted by Gasteiger charge is 2.71. The Morgan fingerprint density at radius 2 is 1.91 bits per heavy atom. The second-order valence-electron chi connectivity index (χ2n) is 11.6. The quantitative estimate of drug-likeness (QED) is 0.192. The van der Waals surface area contributed by atoms with Crippen molar-refractivity contribution in [2.45, 2.75) is 37.8 Å². The van der Waals surface area contributed by atoms with Gasteiger partial charge in [0.15, 0.2) is 0 Å². The number of fused-ring (bicyclic) bond motifs is 3. The minimum absolute atomic E-state index is 0. The number of carbonyl (C=O) groups excluding carboxylic acids is 3. The lowest BCUT2D eigenvalue weighted by Crippen LogP contribution is -2.54. The number of nitrogens with zero attached hydrogens (tertiary/aromatic N) is 3. The molecule has 1 aliphatic carbocycles. The lowest BCUT2D eigenvalue weighted by Gasteiger charge is -2.41. The fourth-order valence-electron chi connectivity index (χ4n) is 7.38. The van der Waals surface area contributed by atoms with E-state index in [1.807, 2.05) is 4.90 Å². The van der Waals surface area contributed by atoms with E-state index in [1.165, 1.54) is 29.2 Å². The van der Waals surface area contributed by atoms with E-state index in [4.69, 9.17) is 27.9 Å². The molecule has 3 aromatic carbocycles. The fourth-order valence-corrected chi connectivity index (χ4v) is 7.73. The number of halogens is 3. The van der Waals surface area contributed by atoms with E-state index in [2.05, 4.69) is 5.32 Å². The molecule has 1 spiro atoms. The average molecular weight is 656 g/mol. The molecule has 0 unspecified atom stereocenters. The molecule has 4 aliphatic rings. The van der Waals surface area contributed by atoms with Crippen molar-refractivity contribution in [3.05, 3.63) is 97.3 Å². The summed E-state index contributed by atoms with van der Waals surface area (Å²) >= 11 is 12.6. The maximum atomic E-state index is 16.0. The van der Waals surface area contributed by atoms with Gasteiger partial charge in [-0.1, -0.05) is 48.8 Å². The summed E-state index contributed by atoms with van der Waals surface area (Å²) in [5, 5.41) is 15.4. The van der Waals surface area contributed by atoms with Crippen LogP contribution in [0.2, 0.25) is 10.0 Å². The molecular weight excluding hydrogens is 626 g/mol. The predicted molar refractivity (Wildman–Crippen MR) is 166 cm³/mol. The summed E-state index contributed by atoms with van der Waals surface area (Å²) in [6, 6.07) is 12.7. The van der Waals surface area contributed by atoms with E-state index in [9.17, 15) is 24.5 Å². The van der Waals surface area contributed by atoms with E-state index >= 15 is 4.39 Å². The fraction of sp³-hybridized carbons (Fsp3) is 0.344. The van der Waals surface area contributed by atoms with Gasteiger partial charge >= 0.3 is 5.97 Å². The molecule has 3 aliphatic heterocycles. The van der Waals surface area contributed by atoms with E-state index < -0.39 is 57.6 Å². The minimum atomic E-state index is -1.47. The summed E-state index contributed by atoms with van der Waals surface area (Å²) in [6.45, 7) is 0.463. The van der Waals surface area contributed by atoms with Crippen LogP contribution < -0.4 is 10.2 Å². The average Bonchev–Trinajstić information content (AvgIpc) is 3.63. The molecule has 0 bridgehead atoms. The van der Waals surface area contributed by atoms with Crippen molar-refractivity contribution < 1.29 is 28.4 Å². The summed E-state index contributed by atoms with van der Waals surface area (Å²) in [7, 11) is 1.16. The number of esters is 1. The van der Waals surface area contributed by atoms with Gasteiger partial charge in [-0.3, -0.25) is 24.6 Å². The number of hydrogen-bond donors (Lipinski definition) is 1. The van der Waals surface area contributed by atoms with Crippen molar-refractivity contribution in [3.8, 4) is 0 Å². The number of methoxy groups -OCH3 is 1. The van der Waals surface area contributed by atoms with Crippen LogP contribution in [0.15, 0.2) is 54.6 Å². The van der Waals surface area contributed by atoms with Gasteiger partial charge in [0, 0.05) is 47.4 Å². The number of nitro benzene ring substituents is 1. The van der Waals surface area contributed by atoms with Crippen LogP contribution in [0.4, 0.5) is 21.5 Å². The number of nitrogens with one attached hydrogen (secondary N) is 1. The number of carbonyl (C=O) groups is 3. The summed E-state index contributed by atoms with van der Waals surface area (Å²) in [5.41, 5.74) is -0.792. The molecule has 1 N–H and O–H groups in total. The first-order valence-electron chi connectivity index (χ1n) is 14.1. The number of benzene rings is 3. The minimum Gasteiger partial charge on any atom is -0.465 e. The molecule has 45 heavy (non-hydrogen) atoms. The van der Waals surface area contributed by atoms with Crippen molar-refractivity contribution >= 4 is 58.0 Å². The number of likely N-dealkylation sites (tertiary alicyclic amines) is 1. The van der Waals surface area contributed by atoms with Crippen LogP contribution in [-0.4, -0.2) is 53.8 Å². The molecule has 3 heterocycles. The Morgan fingerprint density at radius 1 is 1.16 bits per heavy atom. The third-order valence-electron chi connectivity index (χ3n) is 9.34. The van der Waals surface area contributed by atoms with Gasteiger partial charge in [0.1, 0.15) is 17.0 Å². The molecule has 0 aromatic heterocycles. The Labute approximate surface area is 268 Å². The molecule has 13 heteroatoms. The summed E-state index contributed by atoms with van der Waals surface area (Å²) in [5.74, 6) is -4.13. The number of nitro groups is 1. The largest absolute Gasteiger partial charge is 0.465 e. The van der Waals surface area contributed by atoms with E-state index in [1.54, 1.807) is 24.3 Å². The Kier molecular flexibility index (Phi) is 7.62. The highest BCUT2D eigenvalue weighted by molar-refractivity contribution is 6.31. The van der Waals surface area contributed by atoms with Gasteiger partial charge in [-0.2, -0.15) is 0 Å². The maximum absolute atomic E-state index is 16.0. The first kappa shape index (κ1) is 30.9. The van der Waals surface area contributed by atoms with Crippen LogP contribution in [0.1, 0.15) is 47.7 Å². The molecule has 3 fully saturated rings. The number of anilines is 2. The smallest absolute Gasteiger partial charge is 0.338 e. The van der Waals surface area contributed by atoms with Gasteiger partial charge < -0.3 is 15.0 Å². The third kappa shape index (κ3) is 4.51. The molecule has 0 radical (unpaired) electrons.